The van der Waals surface area contributed by atoms with Gasteiger partial charge in [-0.1, -0.05) is 77.2 Å². The number of rotatable bonds is 6. The average Bonchev–Trinajstić information content (AvgIpc) is 3.20. The Bertz CT molecular complexity index is 1590. The van der Waals surface area contributed by atoms with Crippen molar-refractivity contribution in [1.29, 1.82) is 0 Å². The van der Waals surface area contributed by atoms with Crippen molar-refractivity contribution in [1.82, 2.24) is 14.1 Å². The molecule has 0 N–H and O–H groups in total. The van der Waals surface area contributed by atoms with Crippen LogP contribution in [0.2, 0.25) is 5.02 Å². The van der Waals surface area contributed by atoms with E-state index in [-0.39, 0.29) is 5.56 Å². The number of hydrogen-bond acceptors (Lipinski definition) is 6. The van der Waals surface area contributed by atoms with Gasteiger partial charge in [0.1, 0.15) is 10.4 Å². The molecule has 0 unspecified atom stereocenters. The summed E-state index contributed by atoms with van der Waals surface area (Å²) in [6.45, 7) is 0. The molecule has 0 aliphatic heterocycles. The largest absolute Gasteiger partial charge is 0.495 e. The third kappa shape index (κ3) is 4.30. The van der Waals surface area contributed by atoms with E-state index in [0.29, 0.717) is 36.0 Å². The molecule has 0 fully saturated rings. The minimum atomic E-state index is -0.153. The minimum absolute atomic E-state index is 0.153. The summed E-state index contributed by atoms with van der Waals surface area (Å²) < 4.78 is 10.0. The highest BCUT2D eigenvalue weighted by molar-refractivity contribution is 7.98. The van der Waals surface area contributed by atoms with Gasteiger partial charge in [0, 0.05) is 10.8 Å². The lowest BCUT2D eigenvalue weighted by molar-refractivity contribution is 0.413. The first-order chi connectivity index (χ1) is 16.6. The van der Waals surface area contributed by atoms with Gasteiger partial charge in [0.25, 0.3) is 5.56 Å². The Balaban J connectivity index is 1.73. The Morgan fingerprint density at radius 2 is 1.71 bits per heavy atom. The Hall–Kier alpha value is -2.91. The van der Waals surface area contributed by atoms with Crippen molar-refractivity contribution in [2.75, 3.05) is 7.11 Å². The summed E-state index contributed by atoms with van der Waals surface area (Å²) in [6.07, 6.45) is 0. The van der Waals surface area contributed by atoms with Gasteiger partial charge in [-0.25, -0.2) is 4.98 Å². The maximum absolute atomic E-state index is 13.8. The van der Waals surface area contributed by atoms with Crippen LogP contribution in [-0.2, 0) is 5.75 Å². The number of halogens is 1. The number of fused-ring (bicyclic) bond motifs is 1. The zero-order chi connectivity index (χ0) is 23.7. The van der Waals surface area contributed by atoms with E-state index < -0.39 is 0 Å². The zero-order valence-electron chi connectivity index (χ0n) is 18.0. The van der Waals surface area contributed by atoms with Crippen LogP contribution >= 0.6 is 46.9 Å². The summed E-state index contributed by atoms with van der Waals surface area (Å²) in [6, 6.07) is 24.8. The van der Waals surface area contributed by atoms with E-state index in [1.807, 2.05) is 83.4 Å². The topological polar surface area (TPSA) is 49.0 Å². The van der Waals surface area contributed by atoms with Gasteiger partial charge in [-0.05, 0) is 54.2 Å². The maximum atomic E-state index is 13.8. The quantitative estimate of drug-likeness (QED) is 0.137. The average molecular weight is 524 g/mol. The lowest BCUT2D eigenvalue weighted by Crippen LogP contribution is -2.21. The number of methoxy groups -OCH3 is 1. The second-order valence-corrected chi connectivity index (χ2v) is 10.3. The Morgan fingerprint density at radius 1 is 1.00 bits per heavy atom. The van der Waals surface area contributed by atoms with E-state index in [0.717, 1.165) is 16.9 Å². The molecule has 9 heteroatoms. The van der Waals surface area contributed by atoms with Crippen LogP contribution in [0, 0.1) is 3.95 Å². The van der Waals surface area contributed by atoms with Gasteiger partial charge < -0.3 is 4.74 Å². The highest BCUT2D eigenvalue weighted by atomic mass is 35.5. The third-order valence-corrected chi connectivity index (χ3v) is 7.81. The molecule has 2 heterocycles. The number of thioether (sulfide) groups is 1. The number of ether oxygens (including phenoxy) is 1. The molecule has 170 valence electrons. The molecule has 0 aliphatic rings. The zero-order valence-corrected chi connectivity index (χ0v) is 21.2. The number of thiazole rings is 1. The van der Waals surface area contributed by atoms with Crippen LogP contribution in [0.4, 0.5) is 0 Å². The van der Waals surface area contributed by atoms with E-state index in [9.17, 15) is 4.79 Å². The van der Waals surface area contributed by atoms with Crippen molar-refractivity contribution in [3.05, 3.63) is 104 Å². The second-order valence-electron chi connectivity index (χ2n) is 7.31. The van der Waals surface area contributed by atoms with Gasteiger partial charge >= 0.3 is 0 Å². The third-order valence-electron chi connectivity index (χ3n) is 5.20. The van der Waals surface area contributed by atoms with E-state index in [4.69, 9.17) is 33.5 Å². The number of hydrogen-bond donors (Lipinski definition) is 0. The van der Waals surface area contributed by atoms with Crippen LogP contribution in [0.25, 0.3) is 21.7 Å². The fraction of sp³-hybridized carbons (Fsp3) is 0.0800. The monoisotopic (exact) mass is 523 g/mol. The SMILES string of the molecule is COc1ccccc1-n1c(=S)sc2c(=O)n(-c3ccccc3)c(SCc3ccc(Cl)cc3)nc21. The first kappa shape index (κ1) is 22.9. The fourth-order valence-electron chi connectivity index (χ4n) is 3.59. The van der Waals surface area contributed by atoms with Crippen LogP contribution in [0.1, 0.15) is 5.56 Å². The van der Waals surface area contributed by atoms with Crippen LogP contribution in [0.3, 0.4) is 0 Å². The van der Waals surface area contributed by atoms with Crippen molar-refractivity contribution >= 4 is 57.3 Å². The number of para-hydroxylation sites is 3. The molecule has 0 bridgehead atoms. The summed E-state index contributed by atoms with van der Waals surface area (Å²) in [5.41, 5.74) is 2.95. The van der Waals surface area contributed by atoms with Crippen LogP contribution in [0.15, 0.2) is 88.8 Å². The van der Waals surface area contributed by atoms with E-state index in [1.54, 1.807) is 11.7 Å². The molecule has 3 aromatic carbocycles. The standard InChI is InChI=1S/C25H18ClN3O2S3/c1-31-20-10-6-5-9-19(20)29-22-21(34-25(29)32)23(30)28(18-7-3-2-4-8-18)24(27-22)33-15-16-11-13-17(26)14-12-16/h2-14H,15H2,1H3. The molecule has 34 heavy (non-hydrogen) atoms. The first-order valence-corrected chi connectivity index (χ1v) is 12.9. The van der Waals surface area contributed by atoms with E-state index in [2.05, 4.69) is 0 Å². The molecule has 0 amide bonds. The van der Waals surface area contributed by atoms with Gasteiger partial charge in [-0.3, -0.25) is 13.9 Å². The molecule has 5 nitrogen and oxygen atoms in total. The Morgan fingerprint density at radius 3 is 2.44 bits per heavy atom. The minimum Gasteiger partial charge on any atom is -0.495 e. The lowest BCUT2D eigenvalue weighted by atomic mass is 10.2. The van der Waals surface area contributed by atoms with Gasteiger partial charge in [0.05, 0.1) is 18.5 Å². The molecule has 0 saturated carbocycles. The summed E-state index contributed by atoms with van der Waals surface area (Å²) in [4.78, 5) is 18.7. The first-order valence-electron chi connectivity index (χ1n) is 10.3. The number of nitrogens with zero attached hydrogens (tertiary/aromatic N) is 3. The highest BCUT2D eigenvalue weighted by Gasteiger charge is 2.20. The van der Waals surface area contributed by atoms with Crippen molar-refractivity contribution in [3.63, 3.8) is 0 Å². The molecular formula is C25H18ClN3O2S3. The summed E-state index contributed by atoms with van der Waals surface area (Å²) >= 11 is 14.5. The molecule has 0 spiro atoms. The van der Waals surface area contributed by atoms with Crippen LogP contribution in [0.5, 0.6) is 5.75 Å². The van der Waals surface area contributed by atoms with Crippen LogP contribution in [-0.4, -0.2) is 21.2 Å². The van der Waals surface area contributed by atoms with Crippen molar-refractivity contribution in [2.24, 2.45) is 0 Å². The fourth-order valence-corrected chi connectivity index (χ4v) is 5.97. The van der Waals surface area contributed by atoms with Gasteiger partial charge in [0.15, 0.2) is 14.8 Å². The Labute approximate surface area is 214 Å². The van der Waals surface area contributed by atoms with Gasteiger partial charge in [0.2, 0.25) is 0 Å². The smallest absolute Gasteiger partial charge is 0.278 e. The molecular weight excluding hydrogens is 506 g/mol. The molecule has 5 rings (SSSR count). The van der Waals surface area contributed by atoms with E-state index in [1.165, 1.54) is 23.1 Å². The van der Waals surface area contributed by atoms with E-state index >= 15 is 0 Å². The molecule has 0 radical (unpaired) electrons. The van der Waals surface area contributed by atoms with Crippen molar-refractivity contribution < 1.29 is 4.74 Å². The maximum Gasteiger partial charge on any atom is 0.278 e. The molecule has 2 aromatic heterocycles. The summed E-state index contributed by atoms with van der Waals surface area (Å²) in [5, 5.41) is 1.26. The van der Waals surface area contributed by atoms with Crippen molar-refractivity contribution in [2.45, 2.75) is 10.9 Å². The normalized spacial score (nSPS) is 11.1. The second kappa shape index (κ2) is 9.76. The Kier molecular flexibility index (Phi) is 6.56. The molecule has 0 saturated heterocycles. The molecule has 0 aliphatic carbocycles. The summed E-state index contributed by atoms with van der Waals surface area (Å²) in [5.74, 6) is 1.28. The summed E-state index contributed by atoms with van der Waals surface area (Å²) in [7, 11) is 1.61. The van der Waals surface area contributed by atoms with Crippen molar-refractivity contribution in [3.8, 4) is 17.1 Å². The number of aromatic nitrogens is 3. The highest BCUT2D eigenvalue weighted by Crippen LogP contribution is 2.32. The molecule has 5 aromatic rings. The molecule has 0 atom stereocenters. The predicted molar refractivity (Wildman–Crippen MR) is 143 cm³/mol. The lowest BCUT2D eigenvalue weighted by Gasteiger charge is -2.14. The predicted octanol–water partition coefficient (Wildman–Crippen LogP) is 6.92. The van der Waals surface area contributed by atoms with Crippen LogP contribution < -0.4 is 10.3 Å². The number of benzene rings is 3. The van der Waals surface area contributed by atoms with Gasteiger partial charge in [-0.2, -0.15) is 0 Å². The van der Waals surface area contributed by atoms with Gasteiger partial charge in [-0.15, -0.1) is 0 Å².